The fraction of sp³-hybridized carbons (Fsp3) is 0.0714. The molecule has 0 bridgehead atoms. The van der Waals surface area contributed by atoms with E-state index in [2.05, 4.69) is 4.98 Å². The molecule has 0 aliphatic carbocycles. The molecule has 7 heteroatoms. The van der Waals surface area contributed by atoms with Crippen LogP contribution in [0.25, 0.3) is 22.6 Å². The summed E-state index contributed by atoms with van der Waals surface area (Å²) in [5, 5.41) is 11.0. The number of hydrogen-bond donors (Lipinski definition) is 1. The molecule has 0 atom stereocenters. The average Bonchev–Trinajstić information content (AvgIpc) is 2.92. The van der Waals surface area contributed by atoms with Crippen LogP contribution in [0.3, 0.4) is 0 Å². The highest BCUT2D eigenvalue weighted by Crippen LogP contribution is 2.33. The number of benzene rings is 2. The van der Waals surface area contributed by atoms with Crippen molar-refractivity contribution in [2.45, 2.75) is 0 Å². The van der Waals surface area contributed by atoms with E-state index in [1.807, 2.05) is 0 Å². The third kappa shape index (κ3) is 2.14. The minimum atomic E-state index is -0.515. The summed E-state index contributed by atoms with van der Waals surface area (Å²) in [5.41, 5.74) is 7.71. The molecule has 0 aliphatic rings. The predicted octanol–water partition coefficient (Wildman–Crippen LogP) is 2.99. The highest BCUT2D eigenvalue weighted by Gasteiger charge is 2.18. The summed E-state index contributed by atoms with van der Waals surface area (Å²) in [6.45, 7) is 0. The van der Waals surface area contributed by atoms with Gasteiger partial charge in [0, 0.05) is 11.6 Å². The summed E-state index contributed by atoms with van der Waals surface area (Å²) in [6, 6.07) is 9.71. The topological polar surface area (TPSA) is 104 Å². The molecule has 0 fully saturated rings. The second-order valence-corrected chi connectivity index (χ2v) is 4.36. The Bertz CT molecular complexity index is 841. The molecule has 3 rings (SSSR count). The molecular weight excluding hydrogens is 274 g/mol. The minimum Gasteiger partial charge on any atom is -0.490 e. The lowest BCUT2D eigenvalue weighted by Crippen LogP contribution is -1.94. The summed E-state index contributed by atoms with van der Waals surface area (Å²) in [4.78, 5) is 14.8. The monoisotopic (exact) mass is 285 g/mol. The number of nitro groups is 1. The first-order valence-corrected chi connectivity index (χ1v) is 6.08. The Morgan fingerprint density at radius 3 is 2.81 bits per heavy atom. The Morgan fingerprint density at radius 2 is 2.14 bits per heavy atom. The summed E-state index contributed by atoms with van der Waals surface area (Å²) >= 11 is 0. The molecule has 0 spiro atoms. The number of aromatic nitrogens is 1. The van der Waals surface area contributed by atoms with Gasteiger partial charge in [0.25, 0.3) is 0 Å². The van der Waals surface area contributed by atoms with E-state index >= 15 is 0 Å². The summed E-state index contributed by atoms with van der Waals surface area (Å²) < 4.78 is 10.6. The quantitative estimate of drug-likeness (QED) is 0.450. The minimum absolute atomic E-state index is 0.148. The first kappa shape index (κ1) is 12.9. The van der Waals surface area contributed by atoms with Crippen molar-refractivity contribution < 1.29 is 14.1 Å². The SMILES string of the molecule is COc1ccc(-c2nc3c(N)cccc3o2)cc1[N+](=O)[O-]. The average molecular weight is 285 g/mol. The molecule has 21 heavy (non-hydrogen) atoms. The molecule has 1 heterocycles. The van der Waals surface area contributed by atoms with Gasteiger partial charge in [-0.15, -0.1) is 0 Å². The molecule has 2 aromatic carbocycles. The van der Waals surface area contributed by atoms with Gasteiger partial charge < -0.3 is 14.9 Å². The summed E-state index contributed by atoms with van der Waals surface area (Å²) in [6.07, 6.45) is 0. The third-order valence-corrected chi connectivity index (χ3v) is 3.07. The van der Waals surface area contributed by atoms with Crippen molar-refractivity contribution in [1.82, 2.24) is 4.98 Å². The lowest BCUT2D eigenvalue weighted by atomic mass is 10.2. The van der Waals surface area contributed by atoms with E-state index in [0.29, 0.717) is 22.4 Å². The van der Waals surface area contributed by atoms with E-state index in [1.54, 1.807) is 24.3 Å². The largest absolute Gasteiger partial charge is 0.490 e. The summed E-state index contributed by atoms with van der Waals surface area (Å²) in [5.74, 6) is 0.452. The number of para-hydroxylation sites is 1. The van der Waals surface area contributed by atoms with Crippen LogP contribution in [0, 0.1) is 10.1 Å². The van der Waals surface area contributed by atoms with Crippen LogP contribution in [-0.4, -0.2) is 17.0 Å². The van der Waals surface area contributed by atoms with Crippen LogP contribution >= 0.6 is 0 Å². The molecule has 0 saturated heterocycles. The van der Waals surface area contributed by atoms with Gasteiger partial charge in [-0.05, 0) is 24.3 Å². The molecule has 0 unspecified atom stereocenters. The zero-order valence-electron chi connectivity index (χ0n) is 11.1. The molecular formula is C14H11N3O4. The number of nitrogen functional groups attached to an aromatic ring is 1. The molecule has 7 nitrogen and oxygen atoms in total. The number of ether oxygens (including phenoxy) is 1. The highest BCUT2D eigenvalue weighted by molar-refractivity contribution is 5.87. The second-order valence-electron chi connectivity index (χ2n) is 4.36. The predicted molar refractivity (Wildman–Crippen MR) is 77.1 cm³/mol. The van der Waals surface area contributed by atoms with Gasteiger partial charge in [-0.3, -0.25) is 10.1 Å². The van der Waals surface area contributed by atoms with Gasteiger partial charge in [0.15, 0.2) is 11.3 Å². The number of oxazole rings is 1. The Balaban J connectivity index is 2.16. The zero-order chi connectivity index (χ0) is 15.0. The fourth-order valence-corrected chi connectivity index (χ4v) is 2.06. The molecule has 0 aliphatic heterocycles. The zero-order valence-corrected chi connectivity index (χ0v) is 11.1. The standard InChI is InChI=1S/C14H11N3O4/c1-20-11-6-5-8(7-10(11)17(18)19)14-16-13-9(15)3-2-4-12(13)21-14/h2-7H,15H2,1H3. The van der Waals surface area contributed by atoms with Crippen molar-refractivity contribution in [2.24, 2.45) is 0 Å². The normalized spacial score (nSPS) is 10.7. The number of hydrogen-bond acceptors (Lipinski definition) is 6. The van der Waals surface area contributed by atoms with Crippen LogP contribution in [0.5, 0.6) is 5.75 Å². The van der Waals surface area contributed by atoms with Crippen LogP contribution in [0.2, 0.25) is 0 Å². The van der Waals surface area contributed by atoms with Gasteiger partial charge in [0.1, 0.15) is 5.52 Å². The van der Waals surface area contributed by atoms with Crippen molar-refractivity contribution in [3.05, 3.63) is 46.5 Å². The van der Waals surface area contributed by atoms with E-state index in [9.17, 15) is 10.1 Å². The van der Waals surface area contributed by atoms with Crippen molar-refractivity contribution >= 4 is 22.5 Å². The highest BCUT2D eigenvalue weighted by atomic mass is 16.6. The number of anilines is 1. The number of nitrogens with zero attached hydrogens (tertiary/aromatic N) is 2. The van der Waals surface area contributed by atoms with E-state index in [0.717, 1.165) is 0 Å². The smallest absolute Gasteiger partial charge is 0.311 e. The van der Waals surface area contributed by atoms with E-state index < -0.39 is 4.92 Å². The molecule has 0 saturated carbocycles. The Labute approximate surface area is 119 Å². The van der Waals surface area contributed by atoms with Crippen LogP contribution in [0.4, 0.5) is 11.4 Å². The van der Waals surface area contributed by atoms with Gasteiger partial charge in [-0.1, -0.05) is 6.07 Å². The number of rotatable bonds is 3. The van der Waals surface area contributed by atoms with Crippen LogP contribution in [-0.2, 0) is 0 Å². The fourth-order valence-electron chi connectivity index (χ4n) is 2.06. The van der Waals surface area contributed by atoms with Crippen molar-refractivity contribution in [1.29, 1.82) is 0 Å². The van der Waals surface area contributed by atoms with Crippen molar-refractivity contribution in [3.8, 4) is 17.2 Å². The Morgan fingerprint density at radius 1 is 1.33 bits per heavy atom. The molecule has 1 aromatic heterocycles. The van der Waals surface area contributed by atoms with E-state index in [-0.39, 0.29) is 17.3 Å². The van der Waals surface area contributed by atoms with E-state index in [1.165, 1.54) is 19.2 Å². The molecule has 106 valence electrons. The number of nitro benzene ring substituents is 1. The number of nitrogens with two attached hydrogens (primary N) is 1. The van der Waals surface area contributed by atoms with Crippen molar-refractivity contribution in [2.75, 3.05) is 12.8 Å². The lowest BCUT2D eigenvalue weighted by Gasteiger charge is -2.02. The van der Waals surface area contributed by atoms with Crippen LogP contribution in [0.1, 0.15) is 0 Å². The summed E-state index contributed by atoms with van der Waals surface area (Å²) in [7, 11) is 1.38. The van der Waals surface area contributed by atoms with Crippen molar-refractivity contribution in [3.63, 3.8) is 0 Å². The van der Waals surface area contributed by atoms with E-state index in [4.69, 9.17) is 14.9 Å². The number of fused-ring (bicyclic) bond motifs is 1. The Kier molecular flexibility index (Phi) is 2.94. The molecule has 3 aromatic rings. The van der Waals surface area contributed by atoms with Gasteiger partial charge in [0.2, 0.25) is 5.89 Å². The second kappa shape index (κ2) is 4.78. The maximum Gasteiger partial charge on any atom is 0.311 e. The maximum atomic E-state index is 11.0. The molecule has 0 amide bonds. The Hall–Kier alpha value is -3.09. The van der Waals surface area contributed by atoms with Gasteiger partial charge in [-0.2, -0.15) is 0 Å². The van der Waals surface area contributed by atoms with Crippen LogP contribution < -0.4 is 10.5 Å². The maximum absolute atomic E-state index is 11.0. The third-order valence-electron chi connectivity index (χ3n) is 3.07. The first-order chi connectivity index (χ1) is 10.1. The van der Waals surface area contributed by atoms with Gasteiger partial charge in [0.05, 0.1) is 17.7 Å². The number of methoxy groups -OCH3 is 1. The van der Waals surface area contributed by atoms with Gasteiger partial charge >= 0.3 is 5.69 Å². The van der Waals surface area contributed by atoms with Gasteiger partial charge in [-0.25, -0.2) is 4.98 Å². The molecule has 0 radical (unpaired) electrons. The lowest BCUT2D eigenvalue weighted by molar-refractivity contribution is -0.385. The van der Waals surface area contributed by atoms with Crippen LogP contribution in [0.15, 0.2) is 40.8 Å². The molecule has 2 N–H and O–H groups in total. The first-order valence-electron chi connectivity index (χ1n) is 6.08.